The molecule has 1 fully saturated rings. The van der Waals surface area contributed by atoms with Crippen molar-refractivity contribution < 1.29 is 4.79 Å². The van der Waals surface area contributed by atoms with Crippen molar-refractivity contribution in [2.24, 2.45) is 4.99 Å². The minimum Gasteiger partial charge on any atom is -0.299 e. The van der Waals surface area contributed by atoms with Crippen molar-refractivity contribution in [3.63, 3.8) is 0 Å². The first-order valence-electron chi connectivity index (χ1n) is 7.78. The maximum Gasteiger partial charge on any atom is 0.146 e. The number of carbonyl (C=O) groups excluding carboxylic acids is 1. The van der Waals surface area contributed by atoms with Crippen LogP contribution in [0.15, 0.2) is 17.1 Å². The monoisotopic (exact) mass is 286 g/mol. The summed E-state index contributed by atoms with van der Waals surface area (Å²) in [5, 5.41) is 3.44. The second kappa shape index (κ2) is 6.52. The maximum absolute atomic E-state index is 11.6. The van der Waals surface area contributed by atoms with E-state index in [0.29, 0.717) is 0 Å². The highest BCUT2D eigenvalue weighted by Gasteiger charge is 2.25. The Kier molecular flexibility index (Phi) is 4.94. The highest BCUT2D eigenvalue weighted by atomic mass is 16.1. The van der Waals surface area contributed by atoms with Crippen LogP contribution in [0.1, 0.15) is 49.8 Å². The third-order valence-electron chi connectivity index (χ3n) is 4.31. The summed E-state index contributed by atoms with van der Waals surface area (Å²) in [4.78, 5) is 16.4. The van der Waals surface area contributed by atoms with Crippen LogP contribution in [0.3, 0.4) is 0 Å². The van der Waals surface area contributed by atoms with Crippen LogP contribution in [-0.2, 0) is 4.79 Å². The number of carbonyl (C=O) groups is 1. The second-order valence-corrected chi connectivity index (χ2v) is 6.31. The van der Waals surface area contributed by atoms with Crippen LogP contribution < -0.4 is 5.32 Å². The number of Topliss-reactive ketones (excluding diaryl/α,β-unsaturated/α-hetero) is 1. The molecule has 21 heavy (non-hydrogen) atoms. The summed E-state index contributed by atoms with van der Waals surface area (Å²) in [6.45, 7) is 10.1. The molecule has 3 nitrogen and oxygen atoms in total. The Bertz CT molecular complexity index is 552. The number of nitrogens with zero attached hydrogens (tertiary/aromatic N) is 1. The molecule has 1 aliphatic heterocycles. The lowest BCUT2D eigenvalue weighted by Gasteiger charge is -2.29. The van der Waals surface area contributed by atoms with Crippen molar-refractivity contribution >= 4 is 17.2 Å². The Morgan fingerprint density at radius 3 is 2.24 bits per heavy atom. The van der Waals surface area contributed by atoms with Crippen LogP contribution >= 0.6 is 0 Å². The van der Waals surface area contributed by atoms with Gasteiger partial charge in [-0.1, -0.05) is 17.7 Å². The number of aryl methyl sites for hydroxylation is 3. The average molecular weight is 286 g/mol. The maximum atomic E-state index is 11.6. The van der Waals surface area contributed by atoms with E-state index in [0.717, 1.165) is 30.7 Å². The summed E-state index contributed by atoms with van der Waals surface area (Å²) in [5.41, 5.74) is 5.85. The predicted molar refractivity (Wildman–Crippen MR) is 88.7 cm³/mol. The fraction of sp³-hybridized carbons (Fsp3) is 0.556. The molecular weight excluding hydrogens is 260 g/mol. The standard InChI is InChI=1S/C18H26N2O/c1-11-9-12(2)18(13(3)10-11)19-14(4)16-7-6-8-17(20-16)15(5)21/h9-10,16-17,20H,6-8H2,1-5H3. The lowest BCUT2D eigenvalue weighted by molar-refractivity contribution is -0.119. The number of hydrogen-bond donors (Lipinski definition) is 1. The van der Waals surface area contributed by atoms with Crippen LogP contribution in [0.2, 0.25) is 0 Å². The molecule has 1 N–H and O–H groups in total. The minimum absolute atomic E-state index is 0.00545. The lowest BCUT2D eigenvalue weighted by atomic mass is 9.94. The molecule has 0 saturated carbocycles. The lowest BCUT2D eigenvalue weighted by Crippen LogP contribution is -2.49. The van der Waals surface area contributed by atoms with Crippen LogP contribution in [-0.4, -0.2) is 23.6 Å². The van der Waals surface area contributed by atoms with Gasteiger partial charge < -0.3 is 0 Å². The van der Waals surface area contributed by atoms with Gasteiger partial charge in [0.1, 0.15) is 5.78 Å². The Morgan fingerprint density at radius 2 is 1.67 bits per heavy atom. The largest absolute Gasteiger partial charge is 0.299 e. The van der Waals surface area contributed by atoms with Crippen molar-refractivity contribution in [1.82, 2.24) is 5.32 Å². The van der Waals surface area contributed by atoms with Crippen LogP contribution in [0, 0.1) is 20.8 Å². The zero-order chi connectivity index (χ0) is 15.6. The molecule has 3 heteroatoms. The molecule has 1 aromatic rings. The van der Waals surface area contributed by atoms with Gasteiger partial charge in [0, 0.05) is 11.8 Å². The van der Waals surface area contributed by atoms with Gasteiger partial charge in [0.05, 0.1) is 11.7 Å². The first-order chi connectivity index (χ1) is 9.88. The third-order valence-corrected chi connectivity index (χ3v) is 4.31. The summed E-state index contributed by atoms with van der Waals surface area (Å²) in [6.07, 6.45) is 3.09. The average Bonchev–Trinajstić information content (AvgIpc) is 2.42. The van der Waals surface area contributed by atoms with Crippen LogP contribution in [0.5, 0.6) is 0 Å². The van der Waals surface area contributed by atoms with Crippen molar-refractivity contribution in [2.75, 3.05) is 0 Å². The molecule has 2 rings (SSSR count). The van der Waals surface area contributed by atoms with Crippen molar-refractivity contribution in [2.45, 2.75) is 66.0 Å². The van der Waals surface area contributed by atoms with Crippen LogP contribution in [0.25, 0.3) is 0 Å². The van der Waals surface area contributed by atoms with Gasteiger partial charge >= 0.3 is 0 Å². The van der Waals surface area contributed by atoms with Crippen molar-refractivity contribution in [1.29, 1.82) is 0 Å². The smallest absolute Gasteiger partial charge is 0.146 e. The second-order valence-electron chi connectivity index (χ2n) is 6.31. The van der Waals surface area contributed by atoms with Crippen molar-refractivity contribution in [3.8, 4) is 0 Å². The Labute approximate surface area is 127 Å². The Balaban J connectivity index is 2.23. The zero-order valence-electron chi connectivity index (χ0n) is 13.8. The van der Waals surface area contributed by atoms with Gasteiger partial charge in [-0.25, -0.2) is 0 Å². The molecule has 0 bridgehead atoms. The predicted octanol–water partition coefficient (Wildman–Crippen LogP) is 3.80. The molecule has 1 aliphatic rings. The fourth-order valence-electron chi connectivity index (χ4n) is 3.19. The van der Waals surface area contributed by atoms with Gasteiger partial charge in [-0.2, -0.15) is 0 Å². The van der Waals surface area contributed by atoms with E-state index in [9.17, 15) is 4.79 Å². The summed E-state index contributed by atoms with van der Waals surface area (Å²) < 4.78 is 0. The zero-order valence-corrected chi connectivity index (χ0v) is 13.8. The summed E-state index contributed by atoms with van der Waals surface area (Å²) >= 11 is 0. The van der Waals surface area contributed by atoms with E-state index in [1.165, 1.54) is 16.7 Å². The topological polar surface area (TPSA) is 41.5 Å². The Hall–Kier alpha value is -1.48. The van der Waals surface area contributed by atoms with Gasteiger partial charge in [-0.15, -0.1) is 0 Å². The molecule has 0 spiro atoms. The normalized spacial score (nSPS) is 23.2. The molecule has 1 heterocycles. The van der Waals surface area contributed by atoms with E-state index in [2.05, 4.69) is 45.1 Å². The molecule has 2 atom stereocenters. The van der Waals surface area contributed by atoms with Crippen LogP contribution in [0.4, 0.5) is 5.69 Å². The molecule has 0 radical (unpaired) electrons. The number of aliphatic imine (C=N–C) groups is 1. The molecule has 0 aliphatic carbocycles. The SMILES string of the molecule is CC(=O)C1CCCC(C(C)=Nc2c(C)cc(C)cc2C)N1. The van der Waals surface area contributed by atoms with Gasteiger partial charge in [-0.3, -0.25) is 15.1 Å². The van der Waals surface area contributed by atoms with Gasteiger partial charge in [0.25, 0.3) is 0 Å². The first kappa shape index (κ1) is 15.9. The molecule has 0 aromatic heterocycles. The number of nitrogens with one attached hydrogen (secondary N) is 1. The van der Waals surface area contributed by atoms with E-state index < -0.39 is 0 Å². The molecule has 0 amide bonds. The quantitative estimate of drug-likeness (QED) is 0.859. The minimum atomic E-state index is -0.00545. The number of ketones is 1. The molecule has 1 aromatic carbocycles. The molecule has 114 valence electrons. The number of benzene rings is 1. The summed E-state index contributed by atoms with van der Waals surface area (Å²) in [7, 11) is 0. The highest BCUT2D eigenvalue weighted by Crippen LogP contribution is 2.26. The molecule has 2 unspecified atom stereocenters. The van der Waals surface area contributed by atoms with E-state index in [1.54, 1.807) is 6.92 Å². The third kappa shape index (κ3) is 3.79. The number of rotatable bonds is 3. The fourth-order valence-corrected chi connectivity index (χ4v) is 3.19. The van der Waals surface area contributed by atoms with E-state index in [4.69, 9.17) is 4.99 Å². The summed E-state index contributed by atoms with van der Waals surface area (Å²) in [5.74, 6) is 0.232. The van der Waals surface area contributed by atoms with Gasteiger partial charge in [0.15, 0.2) is 0 Å². The van der Waals surface area contributed by atoms with E-state index in [1.807, 2.05) is 0 Å². The molecule has 1 saturated heterocycles. The first-order valence-corrected chi connectivity index (χ1v) is 7.78. The number of piperidine rings is 1. The molecular formula is C18H26N2O. The van der Waals surface area contributed by atoms with Gasteiger partial charge in [-0.05, 0) is 65.0 Å². The van der Waals surface area contributed by atoms with E-state index in [-0.39, 0.29) is 17.9 Å². The van der Waals surface area contributed by atoms with Crippen molar-refractivity contribution in [3.05, 3.63) is 28.8 Å². The highest BCUT2D eigenvalue weighted by molar-refractivity contribution is 5.91. The summed E-state index contributed by atoms with van der Waals surface area (Å²) in [6, 6.07) is 4.55. The van der Waals surface area contributed by atoms with Gasteiger partial charge in [0.2, 0.25) is 0 Å². The van der Waals surface area contributed by atoms with E-state index >= 15 is 0 Å². The number of hydrogen-bond acceptors (Lipinski definition) is 3. The Morgan fingerprint density at radius 1 is 1.10 bits per heavy atom.